The van der Waals surface area contributed by atoms with Gasteiger partial charge < -0.3 is 5.32 Å². The van der Waals surface area contributed by atoms with Crippen molar-refractivity contribution in [2.24, 2.45) is 0 Å². The lowest BCUT2D eigenvalue weighted by molar-refractivity contribution is -0.143. The van der Waals surface area contributed by atoms with Crippen molar-refractivity contribution in [1.82, 2.24) is 15.1 Å². The summed E-state index contributed by atoms with van der Waals surface area (Å²) in [5.41, 5.74) is -1.49. The lowest BCUT2D eigenvalue weighted by Crippen LogP contribution is -2.26. The van der Waals surface area contributed by atoms with Gasteiger partial charge in [-0.1, -0.05) is 17.7 Å². The molecule has 0 unspecified atom stereocenters. The molecule has 25 heavy (non-hydrogen) atoms. The van der Waals surface area contributed by atoms with E-state index in [1.807, 2.05) is 5.38 Å². The zero-order valence-corrected chi connectivity index (χ0v) is 14.1. The fourth-order valence-electron chi connectivity index (χ4n) is 2.24. The van der Waals surface area contributed by atoms with E-state index in [0.29, 0.717) is 9.70 Å². The number of nitrogens with zero attached hydrogens (tertiary/aromatic N) is 2. The molecule has 4 nitrogen and oxygen atoms in total. The molecule has 0 aliphatic heterocycles. The van der Waals surface area contributed by atoms with Crippen LogP contribution in [0.2, 0.25) is 5.02 Å². The summed E-state index contributed by atoms with van der Waals surface area (Å²) in [4.78, 5) is 13.1. The Kier molecular flexibility index (Phi) is 4.82. The number of rotatable bonds is 4. The van der Waals surface area contributed by atoms with Gasteiger partial charge in [0.15, 0.2) is 5.69 Å². The maximum absolute atomic E-state index is 13.5. The van der Waals surface area contributed by atoms with Gasteiger partial charge in [-0.05, 0) is 35.7 Å². The summed E-state index contributed by atoms with van der Waals surface area (Å²) in [5.74, 6) is -0.832. The Hall–Kier alpha value is -2.32. The molecule has 0 saturated carbocycles. The minimum Gasteiger partial charge on any atom is -0.347 e. The van der Waals surface area contributed by atoms with E-state index in [1.54, 1.807) is 12.1 Å². The minimum absolute atomic E-state index is 0.153. The van der Waals surface area contributed by atoms with Crippen LogP contribution in [0, 0.1) is 0 Å². The van der Waals surface area contributed by atoms with Gasteiger partial charge in [-0.2, -0.15) is 18.3 Å². The van der Waals surface area contributed by atoms with Crippen LogP contribution in [0.4, 0.5) is 13.2 Å². The van der Waals surface area contributed by atoms with Gasteiger partial charge in [0.25, 0.3) is 5.91 Å². The van der Waals surface area contributed by atoms with Crippen LogP contribution in [0.1, 0.15) is 20.9 Å². The average molecular weight is 386 g/mol. The summed E-state index contributed by atoms with van der Waals surface area (Å²) in [6.07, 6.45) is -3.83. The summed E-state index contributed by atoms with van der Waals surface area (Å²) < 4.78 is 41.2. The van der Waals surface area contributed by atoms with Crippen LogP contribution < -0.4 is 5.32 Å². The molecule has 0 fully saturated rings. The van der Waals surface area contributed by atoms with Gasteiger partial charge in [0.1, 0.15) is 0 Å². The van der Waals surface area contributed by atoms with E-state index >= 15 is 0 Å². The highest BCUT2D eigenvalue weighted by Gasteiger charge is 2.40. The van der Waals surface area contributed by atoms with E-state index in [1.165, 1.54) is 35.6 Å². The molecule has 3 aromatic rings. The number of hydrogen-bond donors (Lipinski definition) is 1. The van der Waals surface area contributed by atoms with E-state index < -0.39 is 23.3 Å². The fraction of sp³-hybridized carbons (Fsp3) is 0.125. The number of amides is 1. The van der Waals surface area contributed by atoms with E-state index in [-0.39, 0.29) is 12.2 Å². The first kappa shape index (κ1) is 17.5. The SMILES string of the molecule is O=C(NCc1cccs1)c1cnn(-c2ccc(Cl)cc2)c1C(F)(F)F. The predicted octanol–water partition coefficient (Wildman–Crippen LogP) is 4.54. The second-order valence-corrected chi connectivity index (χ2v) is 6.52. The Labute approximate surface area is 149 Å². The van der Waals surface area contributed by atoms with Crippen LogP contribution in [0.3, 0.4) is 0 Å². The first-order valence-corrected chi connectivity index (χ1v) is 8.34. The number of hydrogen-bond acceptors (Lipinski definition) is 3. The minimum atomic E-state index is -4.74. The smallest absolute Gasteiger partial charge is 0.347 e. The molecule has 1 amide bonds. The zero-order chi connectivity index (χ0) is 18.0. The molecule has 9 heteroatoms. The van der Waals surface area contributed by atoms with E-state index in [4.69, 9.17) is 11.6 Å². The third-order valence-corrected chi connectivity index (χ3v) is 4.49. The number of halogens is 4. The number of carbonyl (C=O) groups is 1. The van der Waals surface area contributed by atoms with E-state index in [9.17, 15) is 18.0 Å². The van der Waals surface area contributed by atoms with Crippen molar-refractivity contribution in [1.29, 1.82) is 0 Å². The first-order valence-electron chi connectivity index (χ1n) is 7.08. The lowest BCUT2D eigenvalue weighted by Gasteiger charge is -2.12. The average Bonchev–Trinajstić information content (AvgIpc) is 3.22. The molecule has 2 heterocycles. The van der Waals surface area contributed by atoms with Gasteiger partial charge in [-0.15, -0.1) is 11.3 Å². The van der Waals surface area contributed by atoms with Crippen LogP contribution in [0.25, 0.3) is 5.69 Å². The number of carbonyl (C=O) groups excluding carboxylic acids is 1. The van der Waals surface area contributed by atoms with Crippen molar-refractivity contribution in [3.8, 4) is 5.69 Å². The topological polar surface area (TPSA) is 46.9 Å². The summed E-state index contributed by atoms with van der Waals surface area (Å²) in [7, 11) is 0. The van der Waals surface area contributed by atoms with Crippen molar-refractivity contribution in [3.05, 3.63) is 69.1 Å². The maximum atomic E-state index is 13.5. The van der Waals surface area contributed by atoms with Crippen LogP contribution in [-0.2, 0) is 12.7 Å². The lowest BCUT2D eigenvalue weighted by atomic mass is 10.2. The second kappa shape index (κ2) is 6.89. The van der Waals surface area contributed by atoms with Crippen molar-refractivity contribution < 1.29 is 18.0 Å². The van der Waals surface area contributed by atoms with E-state index in [0.717, 1.165) is 11.1 Å². The molecule has 130 valence electrons. The third kappa shape index (κ3) is 3.85. The predicted molar refractivity (Wildman–Crippen MR) is 89.1 cm³/mol. The maximum Gasteiger partial charge on any atom is 0.434 e. The molecule has 2 aromatic heterocycles. The molecule has 0 radical (unpaired) electrons. The number of aromatic nitrogens is 2. The molecular formula is C16H11ClF3N3OS. The molecule has 3 rings (SSSR count). The molecular weight excluding hydrogens is 375 g/mol. The molecule has 0 saturated heterocycles. The summed E-state index contributed by atoms with van der Waals surface area (Å²) in [6.45, 7) is 0.153. The van der Waals surface area contributed by atoms with Crippen LogP contribution in [-0.4, -0.2) is 15.7 Å². The summed E-state index contributed by atoms with van der Waals surface area (Å²) in [5, 5.41) is 8.44. The number of thiophene rings is 1. The Morgan fingerprint density at radius 1 is 1.24 bits per heavy atom. The van der Waals surface area contributed by atoms with Crippen molar-refractivity contribution in [3.63, 3.8) is 0 Å². The van der Waals surface area contributed by atoms with Gasteiger partial charge >= 0.3 is 6.18 Å². The molecule has 0 spiro atoms. The molecule has 0 atom stereocenters. The van der Waals surface area contributed by atoms with Crippen LogP contribution >= 0.6 is 22.9 Å². The number of alkyl halides is 3. The summed E-state index contributed by atoms with van der Waals surface area (Å²) in [6, 6.07) is 9.29. The van der Waals surface area contributed by atoms with Gasteiger partial charge in [-0.25, -0.2) is 4.68 Å². The van der Waals surface area contributed by atoms with Crippen molar-refractivity contribution in [2.75, 3.05) is 0 Å². The highest BCUT2D eigenvalue weighted by atomic mass is 35.5. The first-order chi connectivity index (χ1) is 11.9. The Morgan fingerprint density at radius 3 is 2.56 bits per heavy atom. The molecule has 0 bridgehead atoms. The fourth-order valence-corrected chi connectivity index (χ4v) is 3.01. The van der Waals surface area contributed by atoms with Gasteiger partial charge in [0, 0.05) is 9.90 Å². The van der Waals surface area contributed by atoms with Gasteiger partial charge in [0.2, 0.25) is 0 Å². The molecule has 1 aromatic carbocycles. The third-order valence-electron chi connectivity index (χ3n) is 3.36. The molecule has 1 N–H and O–H groups in total. The van der Waals surface area contributed by atoms with Crippen LogP contribution in [0.5, 0.6) is 0 Å². The number of benzene rings is 1. The van der Waals surface area contributed by atoms with Gasteiger partial charge in [-0.3, -0.25) is 4.79 Å². The van der Waals surface area contributed by atoms with Crippen LogP contribution in [0.15, 0.2) is 48.0 Å². The standard InChI is InChI=1S/C16H11ClF3N3OS/c17-10-3-5-11(6-4-10)23-14(16(18,19)20)13(9-22-23)15(24)21-8-12-2-1-7-25-12/h1-7,9H,8H2,(H,21,24). The quantitative estimate of drug-likeness (QED) is 0.717. The Balaban J connectivity index is 1.94. The highest BCUT2D eigenvalue weighted by Crippen LogP contribution is 2.33. The van der Waals surface area contributed by atoms with Gasteiger partial charge in [0.05, 0.1) is 24.0 Å². The zero-order valence-electron chi connectivity index (χ0n) is 12.5. The van der Waals surface area contributed by atoms with Crippen molar-refractivity contribution in [2.45, 2.75) is 12.7 Å². The summed E-state index contributed by atoms with van der Waals surface area (Å²) >= 11 is 7.16. The Morgan fingerprint density at radius 2 is 1.96 bits per heavy atom. The number of nitrogens with one attached hydrogen (secondary N) is 1. The monoisotopic (exact) mass is 385 g/mol. The Bertz CT molecular complexity index is 873. The van der Waals surface area contributed by atoms with E-state index in [2.05, 4.69) is 10.4 Å². The highest BCUT2D eigenvalue weighted by molar-refractivity contribution is 7.09. The molecule has 0 aliphatic carbocycles. The second-order valence-electron chi connectivity index (χ2n) is 5.05. The van der Waals surface area contributed by atoms with Crippen molar-refractivity contribution >= 4 is 28.8 Å². The largest absolute Gasteiger partial charge is 0.434 e. The normalized spacial score (nSPS) is 11.5. The molecule has 0 aliphatic rings.